The predicted molar refractivity (Wildman–Crippen MR) is 55.6 cm³/mol. The fourth-order valence-electron chi connectivity index (χ4n) is 1.66. The summed E-state index contributed by atoms with van der Waals surface area (Å²) in [6, 6.07) is -1.05. The van der Waals surface area contributed by atoms with E-state index in [1.165, 1.54) is 0 Å². The molecule has 1 saturated heterocycles. The van der Waals surface area contributed by atoms with Gasteiger partial charge in [0.2, 0.25) is 0 Å². The topological polar surface area (TPSA) is 69.6 Å². The molecule has 0 spiro atoms. The van der Waals surface area contributed by atoms with Gasteiger partial charge in [0.1, 0.15) is 6.04 Å². The summed E-state index contributed by atoms with van der Waals surface area (Å²) in [7, 11) is 0. The largest absolute Gasteiger partial charge is 0.480 e. The number of likely N-dealkylation sites (tertiary alicyclic amines) is 1. The van der Waals surface area contributed by atoms with E-state index in [1.54, 1.807) is 18.7 Å². The summed E-state index contributed by atoms with van der Waals surface area (Å²) in [5.74, 6) is -1.08. The number of aliphatic carboxylic acids is 1. The molecule has 5 heteroatoms. The van der Waals surface area contributed by atoms with Crippen molar-refractivity contribution >= 4 is 12.0 Å². The van der Waals surface area contributed by atoms with Crippen molar-refractivity contribution in [3.63, 3.8) is 0 Å². The van der Waals surface area contributed by atoms with Gasteiger partial charge < -0.3 is 15.3 Å². The van der Waals surface area contributed by atoms with Crippen molar-refractivity contribution in [2.45, 2.75) is 32.7 Å². The predicted octanol–water partition coefficient (Wildman–Crippen LogP) is 0.901. The molecule has 0 aromatic carbocycles. The maximum Gasteiger partial charge on any atom is 0.326 e. The van der Waals surface area contributed by atoms with Crippen molar-refractivity contribution < 1.29 is 14.7 Å². The van der Waals surface area contributed by atoms with Gasteiger partial charge in [-0.05, 0) is 18.8 Å². The monoisotopic (exact) mass is 214 g/mol. The SMILES string of the molecule is CC(C)C(NC(=O)N1CCCC1)C(=O)O. The molecule has 1 aliphatic heterocycles. The molecule has 86 valence electrons. The van der Waals surface area contributed by atoms with Gasteiger partial charge in [-0.15, -0.1) is 0 Å². The van der Waals surface area contributed by atoms with Crippen LogP contribution in [-0.4, -0.2) is 41.1 Å². The summed E-state index contributed by atoms with van der Waals surface area (Å²) in [5.41, 5.74) is 0. The highest BCUT2D eigenvalue weighted by molar-refractivity contribution is 5.82. The van der Waals surface area contributed by atoms with Crippen LogP contribution in [0.4, 0.5) is 4.79 Å². The summed E-state index contributed by atoms with van der Waals surface area (Å²) in [4.78, 5) is 24.1. The molecule has 1 atom stereocenters. The average Bonchev–Trinajstić information content (AvgIpc) is 2.65. The summed E-state index contributed by atoms with van der Waals surface area (Å²) in [6.07, 6.45) is 2.01. The fourth-order valence-corrected chi connectivity index (χ4v) is 1.66. The van der Waals surface area contributed by atoms with Crippen molar-refractivity contribution in [3.8, 4) is 0 Å². The Morgan fingerprint density at radius 1 is 1.27 bits per heavy atom. The van der Waals surface area contributed by atoms with Crippen molar-refractivity contribution in [1.29, 1.82) is 0 Å². The molecule has 0 aromatic rings. The van der Waals surface area contributed by atoms with E-state index in [-0.39, 0.29) is 11.9 Å². The number of carboxylic acids is 1. The Hall–Kier alpha value is -1.26. The van der Waals surface area contributed by atoms with Crippen molar-refractivity contribution in [1.82, 2.24) is 10.2 Å². The number of hydrogen-bond donors (Lipinski definition) is 2. The zero-order chi connectivity index (χ0) is 11.4. The van der Waals surface area contributed by atoms with Gasteiger partial charge in [-0.2, -0.15) is 0 Å². The van der Waals surface area contributed by atoms with Gasteiger partial charge in [0.25, 0.3) is 0 Å². The van der Waals surface area contributed by atoms with E-state index in [2.05, 4.69) is 5.32 Å². The second-order valence-corrected chi connectivity index (χ2v) is 4.20. The number of amides is 2. The number of nitrogens with one attached hydrogen (secondary N) is 1. The van der Waals surface area contributed by atoms with Crippen LogP contribution < -0.4 is 5.32 Å². The molecule has 5 nitrogen and oxygen atoms in total. The number of carbonyl (C=O) groups is 2. The van der Waals surface area contributed by atoms with Crippen LogP contribution in [0, 0.1) is 5.92 Å². The van der Waals surface area contributed by atoms with Gasteiger partial charge >= 0.3 is 12.0 Å². The van der Waals surface area contributed by atoms with Gasteiger partial charge in [-0.25, -0.2) is 9.59 Å². The Balaban J connectivity index is 2.50. The molecule has 1 rings (SSSR count). The van der Waals surface area contributed by atoms with E-state index in [0.29, 0.717) is 0 Å². The molecule has 0 radical (unpaired) electrons. The quantitative estimate of drug-likeness (QED) is 0.733. The Morgan fingerprint density at radius 3 is 2.20 bits per heavy atom. The Labute approximate surface area is 89.4 Å². The number of nitrogens with zero attached hydrogens (tertiary/aromatic N) is 1. The highest BCUT2D eigenvalue weighted by Gasteiger charge is 2.26. The Kier molecular flexibility index (Phi) is 3.94. The number of hydrogen-bond acceptors (Lipinski definition) is 2. The Bertz CT molecular complexity index is 247. The number of urea groups is 1. The first-order valence-electron chi connectivity index (χ1n) is 5.30. The molecule has 0 aliphatic carbocycles. The molecule has 0 bridgehead atoms. The molecular weight excluding hydrogens is 196 g/mol. The third-order valence-corrected chi connectivity index (χ3v) is 2.60. The minimum Gasteiger partial charge on any atom is -0.480 e. The van der Waals surface area contributed by atoms with Crippen LogP contribution >= 0.6 is 0 Å². The number of carboxylic acid groups (broad SMARTS) is 1. The van der Waals surface area contributed by atoms with Gasteiger partial charge in [0, 0.05) is 13.1 Å². The molecule has 1 unspecified atom stereocenters. The van der Waals surface area contributed by atoms with Gasteiger partial charge in [-0.3, -0.25) is 0 Å². The average molecular weight is 214 g/mol. The van der Waals surface area contributed by atoms with Crippen LogP contribution in [0.25, 0.3) is 0 Å². The Morgan fingerprint density at radius 2 is 1.80 bits per heavy atom. The number of carbonyl (C=O) groups excluding carboxylic acids is 1. The van der Waals surface area contributed by atoms with Crippen LogP contribution in [0.15, 0.2) is 0 Å². The summed E-state index contributed by atoms with van der Waals surface area (Å²) in [6.45, 7) is 5.03. The lowest BCUT2D eigenvalue weighted by Gasteiger charge is -2.22. The zero-order valence-electron chi connectivity index (χ0n) is 9.19. The second kappa shape index (κ2) is 5.00. The van der Waals surface area contributed by atoms with Crippen molar-refractivity contribution in [2.24, 2.45) is 5.92 Å². The van der Waals surface area contributed by atoms with Crippen LogP contribution in [0.3, 0.4) is 0 Å². The van der Waals surface area contributed by atoms with Crippen LogP contribution in [-0.2, 0) is 4.79 Å². The second-order valence-electron chi connectivity index (χ2n) is 4.20. The maximum absolute atomic E-state index is 11.6. The van der Waals surface area contributed by atoms with Crippen LogP contribution in [0.1, 0.15) is 26.7 Å². The molecule has 1 heterocycles. The highest BCUT2D eigenvalue weighted by atomic mass is 16.4. The minimum atomic E-state index is -0.974. The van der Waals surface area contributed by atoms with Crippen molar-refractivity contribution in [3.05, 3.63) is 0 Å². The van der Waals surface area contributed by atoms with E-state index in [9.17, 15) is 9.59 Å². The minimum absolute atomic E-state index is 0.103. The first-order chi connectivity index (χ1) is 7.02. The lowest BCUT2D eigenvalue weighted by molar-refractivity contribution is -0.140. The molecule has 2 amide bonds. The summed E-state index contributed by atoms with van der Waals surface area (Å²) < 4.78 is 0. The maximum atomic E-state index is 11.6. The molecule has 0 aromatic heterocycles. The molecule has 1 fully saturated rings. The van der Waals surface area contributed by atoms with Gasteiger partial charge in [0.05, 0.1) is 0 Å². The van der Waals surface area contributed by atoms with Gasteiger partial charge in [-0.1, -0.05) is 13.8 Å². The third-order valence-electron chi connectivity index (χ3n) is 2.60. The lowest BCUT2D eigenvalue weighted by atomic mass is 10.1. The normalized spacial score (nSPS) is 17.9. The van der Waals surface area contributed by atoms with Crippen molar-refractivity contribution in [2.75, 3.05) is 13.1 Å². The van der Waals surface area contributed by atoms with E-state index < -0.39 is 12.0 Å². The van der Waals surface area contributed by atoms with Gasteiger partial charge in [0.15, 0.2) is 0 Å². The fraction of sp³-hybridized carbons (Fsp3) is 0.800. The molecule has 1 aliphatic rings. The molecular formula is C10H18N2O3. The molecule has 2 N–H and O–H groups in total. The van der Waals surface area contributed by atoms with Crippen LogP contribution in [0.2, 0.25) is 0 Å². The summed E-state index contributed by atoms with van der Waals surface area (Å²) in [5, 5.41) is 11.4. The smallest absolute Gasteiger partial charge is 0.326 e. The standard InChI is InChI=1S/C10H18N2O3/c1-7(2)8(9(13)14)11-10(15)12-5-3-4-6-12/h7-8H,3-6H2,1-2H3,(H,11,15)(H,13,14). The van der Waals surface area contributed by atoms with E-state index in [4.69, 9.17) is 5.11 Å². The first kappa shape index (κ1) is 11.8. The molecule has 0 saturated carbocycles. The third kappa shape index (κ3) is 3.11. The highest BCUT2D eigenvalue weighted by Crippen LogP contribution is 2.09. The van der Waals surface area contributed by atoms with E-state index in [1.807, 2.05) is 0 Å². The van der Waals surface area contributed by atoms with E-state index >= 15 is 0 Å². The number of rotatable bonds is 3. The molecule has 15 heavy (non-hydrogen) atoms. The van der Waals surface area contributed by atoms with Crippen LogP contribution in [0.5, 0.6) is 0 Å². The first-order valence-corrected chi connectivity index (χ1v) is 5.30. The lowest BCUT2D eigenvalue weighted by Crippen LogP contribution is -2.49. The zero-order valence-corrected chi connectivity index (χ0v) is 9.19. The van der Waals surface area contributed by atoms with E-state index in [0.717, 1.165) is 25.9 Å². The summed E-state index contributed by atoms with van der Waals surface area (Å²) >= 11 is 0.